The fraction of sp³-hybridized carbons (Fsp3) is 0.588. The van der Waals surface area contributed by atoms with Crippen LogP contribution in [0.5, 0.6) is 5.75 Å². The summed E-state index contributed by atoms with van der Waals surface area (Å²) >= 11 is 0. The smallest absolute Gasteiger partial charge is 0.258 e. The number of para-hydroxylation sites is 1. The summed E-state index contributed by atoms with van der Waals surface area (Å²) in [6.45, 7) is 1.94. The summed E-state index contributed by atoms with van der Waals surface area (Å²) < 4.78 is 18.6. The predicted octanol–water partition coefficient (Wildman–Crippen LogP) is 3.15. The van der Waals surface area contributed by atoms with Crippen molar-refractivity contribution in [2.45, 2.75) is 38.6 Å². The molecule has 1 aromatic carbocycles. The van der Waals surface area contributed by atoms with Crippen molar-refractivity contribution >= 4 is 5.91 Å². The molecule has 0 unspecified atom stereocenters. The van der Waals surface area contributed by atoms with Gasteiger partial charge >= 0.3 is 0 Å². The zero-order valence-electron chi connectivity index (χ0n) is 12.3. The van der Waals surface area contributed by atoms with Gasteiger partial charge in [0.05, 0.1) is 0 Å². The van der Waals surface area contributed by atoms with Gasteiger partial charge in [0, 0.05) is 6.04 Å². The number of amides is 1. The lowest BCUT2D eigenvalue weighted by molar-refractivity contribution is -0.124. The summed E-state index contributed by atoms with van der Waals surface area (Å²) in [5.41, 5.74) is 0. The number of nitrogens with one attached hydrogen (secondary N) is 1. The molecular weight excluding hydrogens is 269 g/mol. The highest BCUT2D eigenvalue weighted by molar-refractivity contribution is 5.77. The van der Waals surface area contributed by atoms with Gasteiger partial charge in [0.1, 0.15) is 0 Å². The summed E-state index contributed by atoms with van der Waals surface area (Å²) in [6, 6.07) is 6.32. The number of rotatable bonds is 5. The summed E-state index contributed by atoms with van der Waals surface area (Å²) in [4.78, 5) is 11.9. The molecule has 2 aliphatic carbocycles. The Morgan fingerprint density at radius 3 is 2.86 bits per heavy atom. The third-order valence-corrected chi connectivity index (χ3v) is 5.02. The molecule has 0 aromatic heterocycles. The SMILES string of the molecule is C[C@@H](NC(=O)COc1ccccc1F)[C@H]1C[C@H]2CC[C@H]1C2. The molecule has 2 saturated carbocycles. The van der Waals surface area contributed by atoms with E-state index in [1.807, 2.05) is 0 Å². The van der Waals surface area contributed by atoms with Gasteiger partial charge in [0.15, 0.2) is 18.2 Å². The Morgan fingerprint density at radius 2 is 2.19 bits per heavy atom. The van der Waals surface area contributed by atoms with Crippen LogP contribution in [-0.2, 0) is 4.79 Å². The van der Waals surface area contributed by atoms with E-state index in [0.29, 0.717) is 5.92 Å². The molecule has 21 heavy (non-hydrogen) atoms. The van der Waals surface area contributed by atoms with E-state index in [1.165, 1.54) is 37.8 Å². The van der Waals surface area contributed by atoms with Gasteiger partial charge in [-0.2, -0.15) is 0 Å². The van der Waals surface area contributed by atoms with Gasteiger partial charge in [-0.05, 0) is 56.1 Å². The van der Waals surface area contributed by atoms with Crippen LogP contribution < -0.4 is 10.1 Å². The van der Waals surface area contributed by atoms with Gasteiger partial charge in [-0.1, -0.05) is 18.6 Å². The molecule has 4 heteroatoms. The highest BCUT2D eigenvalue weighted by Gasteiger charge is 2.42. The molecule has 0 aliphatic heterocycles. The van der Waals surface area contributed by atoms with Crippen molar-refractivity contribution in [1.82, 2.24) is 5.32 Å². The van der Waals surface area contributed by atoms with Crippen molar-refractivity contribution in [1.29, 1.82) is 0 Å². The fourth-order valence-corrected chi connectivity index (χ4v) is 4.01. The maximum Gasteiger partial charge on any atom is 0.258 e. The molecule has 0 radical (unpaired) electrons. The van der Waals surface area contributed by atoms with Crippen molar-refractivity contribution in [3.05, 3.63) is 30.1 Å². The molecule has 3 rings (SSSR count). The second kappa shape index (κ2) is 6.04. The largest absolute Gasteiger partial charge is 0.481 e. The van der Waals surface area contributed by atoms with E-state index in [-0.39, 0.29) is 24.3 Å². The maximum absolute atomic E-state index is 13.4. The first-order valence-electron chi connectivity index (χ1n) is 7.80. The Labute approximate surface area is 124 Å². The number of hydrogen-bond acceptors (Lipinski definition) is 2. The topological polar surface area (TPSA) is 38.3 Å². The van der Waals surface area contributed by atoms with Gasteiger partial charge in [-0.3, -0.25) is 4.79 Å². The molecular formula is C17H22FNO2. The first-order valence-corrected chi connectivity index (χ1v) is 7.80. The highest BCUT2D eigenvalue weighted by atomic mass is 19.1. The van der Waals surface area contributed by atoms with Crippen LogP contribution in [0.4, 0.5) is 4.39 Å². The van der Waals surface area contributed by atoms with Gasteiger partial charge in [0.25, 0.3) is 5.91 Å². The number of fused-ring (bicyclic) bond motifs is 2. The monoisotopic (exact) mass is 291 g/mol. The highest BCUT2D eigenvalue weighted by Crippen LogP contribution is 2.49. The van der Waals surface area contributed by atoms with Crippen molar-refractivity contribution < 1.29 is 13.9 Å². The van der Waals surface area contributed by atoms with Crippen molar-refractivity contribution in [3.63, 3.8) is 0 Å². The third-order valence-electron chi connectivity index (χ3n) is 5.02. The molecule has 2 bridgehead atoms. The zero-order chi connectivity index (χ0) is 14.8. The fourth-order valence-electron chi connectivity index (χ4n) is 4.01. The molecule has 2 fully saturated rings. The van der Waals surface area contributed by atoms with Crippen molar-refractivity contribution in [2.75, 3.05) is 6.61 Å². The molecule has 0 heterocycles. The van der Waals surface area contributed by atoms with Gasteiger partial charge in [0.2, 0.25) is 0 Å². The summed E-state index contributed by atoms with van der Waals surface area (Å²) in [7, 11) is 0. The lowest BCUT2D eigenvalue weighted by Crippen LogP contribution is -2.42. The van der Waals surface area contributed by atoms with E-state index in [1.54, 1.807) is 12.1 Å². The third kappa shape index (κ3) is 3.20. The Kier molecular flexibility index (Phi) is 4.13. The van der Waals surface area contributed by atoms with Gasteiger partial charge in [-0.25, -0.2) is 4.39 Å². The van der Waals surface area contributed by atoms with Crippen LogP contribution in [-0.4, -0.2) is 18.6 Å². The number of carbonyl (C=O) groups excluding carboxylic acids is 1. The van der Waals surface area contributed by atoms with Gasteiger partial charge < -0.3 is 10.1 Å². The summed E-state index contributed by atoms with van der Waals surface area (Å²) in [6.07, 6.45) is 5.23. The van der Waals surface area contributed by atoms with Crippen LogP contribution in [0, 0.1) is 23.6 Å². The number of ether oxygens (including phenoxy) is 1. The Hall–Kier alpha value is -1.58. The lowest BCUT2D eigenvalue weighted by Gasteiger charge is -2.28. The minimum atomic E-state index is -0.438. The zero-order valence-corrected chi connectivity index (χ0v) is 12.3. The molecule has 114 valence electrons. The van der Waals surface area contributed by atoms with Crippen LogP contribution in [0.15, 0.2) is 24.3 Å². The van der Waals surface area contributed by atoms with E-state index in [0.717, 1.165) is 11.8 Å². The molecule has 1 amide bonds. The van der Waals surface area contributed by atoms with E-state index in [2.05, 4.69) is 12.2 Å². The molecule has 1 aromatic rings. The van der Waals surface area contributed by atoms with Crippen LogP contribution in [0.25, 0.3) is 0 Å². The normalized spacial score (nSPS) is 28.4. The molecule has 1 N–H and O–H groups in total. The minimum absolute atomic E-state index is 0.125. The van der Waals surface area contributed by atoms with Gasteiger partial charge in [-0.15, -0.1) is 0 Å². The first kappa shape index (κ1) is 14.4. The minimum Gasteiger partial charge on any atom is -0.481 e. The standard InChI is InChI=1S/C17H22FNO2/c1-11(14-9-12-6-7-13(14)8-12)19-17(20)10-21-16-5-3-2-4-15(16)18/h2-5,11-14H,6-10H2,1H3,(H,19,20)/t11-,12+,13+,14-/m1/s1. The molecule has 0 spiro atoms. The molecule has 2 aliphatic rings. The summed E-state index contributed by atoms with van der Waals surface area (Å²) in [5.74, 6) is 1.76. The average Bonchev–Trinajstić information content (AvgIpc) is 3.09. The average molecular weight is 291 g/mol. The second-order valence-electron chi connectivity index (χ2n) is 6.41. The van der Waals surface area contributed by atoms with Crippen LogP contribution >= 0.6 is 0 Å². The number of halogens is 1. The van der Waals surface area contributed by atoms with E-state index in [4.69, 9.17) is 4.74 Å². The molecule has 4 atom stereocenters. The molecule has 3 nitrogen and oxygen atoms in total. The molecule has 0 saturated heterocycles. The predicted molar refractivity (Wildman–Crippen MR) is 78.4 cm³/mol. The maximum atomic E-state index is 13.4. The second-order valence-corrected chi connectivity index (χ2v) is 6.41. The number of carbonyl (C=O) groups is 1. The quantitative estimate of drug-likeness (QED) is 0.905. The Morgan fingerprint density at radius 1 is 1.38 bits per heavy atom. The van der Waals surface area contributed by atoms with Crippen LogP contribution in [0.1, 0.15) is 32.6 Å². The van der Waals surface area contributed by atoms with Crippen LogP contribution in [0.3, 0.4) is 0 Å². The lowest BCUT2D eigenvalue weighted by atomic mass is 9.84. The van der Waals surface area contributed by atoms with Crippen molar-refractivity contribution in [2.24, 2.45) is 17.8 Å². The Bertz CT molecular complexity index is 519. The van der Waals surface area contributed by atoms with Crippen molar-refractivity contribution in [3.8, 4) is 5.75 Å². The van der Waals surface area contributed by atoms with E-state index >= 15 is 0 Å². The van der Waals surface area contributed by atoms with E-state index < -0.39 is 5.82 Å². The van der Waals surface area contributed by atoms with Crippen LogP contribution in [0.2, 0.25) is 0 Å². The summed E-state index contributed by atoms with van der Waals surface area (Å²) in [5, 5.41) is 3.01. The first-order chi connectivity index (χ1) is 10.1. The number of hydrogen-bond donors (Lipinski definition) is 1. The van der Waals surface area contributed by atoms with E-state index in [9.17, 15) is 9.18 Å². The Balaban J connectivity index is 1.47. The number of benzene rings is 1.